The van der Waals surface area contributed by atoms with Crippen molar-refractivity contribution in [3.63, 3.8) is 0 Å². The Morgan fingerprint density at radius 2 is 2.21 bits per heavy atom. The molecule has 0 spiro atoms. The zero-order chi connectivity index (χ0) is 10.0. The Kier molecular flexibility index (Phi) is 2.57. The van der Waals surface area contributed by atoms with Crippen molar-refractivity contribution in [2.75, 3.05) is 19.8 Å². The molecule has 0 amide bonds. The highest BCUT2D eigenvalue weighted by Crippen LogP contribution is 2.35. The standard InChI is InChI=1S/C12H17NO/c1-10-3-2-4-11(7-10)12(5-6-13)8-14-9-12/h2-4,7H,5-6,8-9,13H2,1H3. The lowest BCUT2D eigenvalue weighted by Gasteiger charge is -2.42. The van der Waals surface area contributed by atoms with Crippen LogP contribution in [0.2, 0.25) is 0 Å². The highest BCUT2D eigenvalue weighted by molar-refractivity contribution is 5.31. The van der Waals surface area contributed by atoms with Gasteiger partial charge in [0.05, 0.1) is 13.2 Å². The van der Waals surface area contributed by atoms with Gasteiger partial charge < -0.3 is 10.5 Å². The van der Waals surface area contributed by atoms with Gasteiger partial charge >= 0.3 is 0 Å². The van der Waals surface area contributed by atoms with Crippen molar-refractivity contribution >= 4 is 0 Å². The second-order valence-corrected chi connectivity index (χ2v) is 4.18. The summed E-state index contributed by atoms with van der Waals surface area (Å²) in [7, 11) is 0. The van der Waals surface area contributed by atoms with Gasteiger partial charge in [0.15, 0.2) is 0 Å². The van der Waals surface area contributed by atoms with E-state index in [1.807, 2.05) is 0 Å². The first-order valence-electron chi connectivity index (χ1n) is 5.12. The molecule has 0 aromatic heterocycles. The molecule has 14 heavy (non-hydrogen) atoms. The third kappa shape index (κ3) is 1.56. The molecule has 0 atom stereocenters. The Morgan fingerprint density at radius 3 is 2.71 bits per heavy atom. The molecule has 0 bridgehead atoms. The van der Waals surface area contributed by atoms with Gasteiger partial charge in [-0.1, -0.05) is 29.8 Å². The Bertz CT molecular complexity index is 318. The van der Waals surface area contributed by atoms with Gasteiger partial charge in [0.25, 0.3) is 0 Å². The van der Waals surface area contributed by atoms with Gasteiger partial charge in [0.1, 0.15) is 0 Å². The van der Waals surface area contributed by atoms with E-state index in [-0.39, 0.29) is 5.41 Å². The lowest BCUT2D eigenvalue weighted by atomic mass is 9.75. The van der Waals surface area contributed by atoms with Crippen LogP contribution in [-0.4, -0.2) is 19.8 Å². The summed E-state index contributed by atoms with van der Waals surface area (Å²) in [5, 5.41) is 0. The Labute approximate surface area is 85.1 Å². The van der Waals surface area contributed by atoms with Gasteiger partial charge in [0.2, 0.25) is 0 Å². The van der Waals surface area contributed by atoms with Crippen molar-refractivity contribution in [3.8, 4) is 0 Å². The second-order valence-electron chi connectivity index (χ2n) is 4.18. The van der Waals surface area contributed by atoms with Crippen molar-refractivity contribution < 1.29 is 4.74 Å². The van der Waals surface area contributed by atoms with Gasteiger partial charge in [-0.05, 0) is 25.5 Å². The lowest BCUT2D eigenvalue weighted by Crippen LogP contribution is -2.48. The third-order valence-corrected chi connectivity index (χ3v) is 3.01. The van der Waals surface area contributed by atoms with Crippen LogP contribution < -0.4 is 5.73 Å². The molecule has 0 aliphatic carbocycles. The molecule has 2 rings (SSSR count). The number of benzene rings is 1. The average Bonchev–Trinajstić information content (AvgIpc) is 2.11. The molecule has 1 fully saturated rings. The molecule has 2 nitrogen and oxygen atoms in total. The third-order valence-electron chi connectivity index (χ3n) is 3.01. The maximum atomic E-state index is 5.64. The largest absolute Gasteiger partial charge is 0.379 e. The normalized spacial score (nSPS) is 19.0. The first-order valence-corrected chi connectivity index (χ1v) is 5.12. The minimum atomic E-state index is 0.209. The fourth-order valence-electron chi connectivity index (χ4n) is 2.06. The molecular formula is C12H17NO. The summed E-state index contributed by atoms with van der Waals surface area (Å²) in [6.45, 7) is 4.51. The monoisotopic (exact) mass is 191 g/mol. The molecule has 0 saturated carbocycles. The van der Waals surface area contributed by atoms with Crippen molar-refractivity contribution in [1.82, 2.24) is 0 Å². The van der Waals surface area contributed by atoms with Crippen molar-refractivity contribution in [1.29, 1.82) is 0 Å². The highest BCUT2D eigenvalue weighted by Gasteiger charge is 2.39. The number of ether oxygens (including phenoxy) is 1. The summed E-state index contributed by atoms with van der Waals surface area (Å²) in [6.07, 6.45) is 1.02. The van der Waals surface area contributed by atoms with E-state index >= 15 is 0 Å². The molecule has 1 aromatic rings. The molecule has 1 heterocycles. The molecule has 76 valence electrons. The predicted octanol–water partition coefficient (Wildman–Crippen LogP) is 1.61. The summed E-state index contributed by atoms with van der Waals surface area (Å²) in [5.74, 6) is 0. The molecule has 2 heteroatoms. The van der Waals surface area contributed by atoms with E-state index in [0.29, 0.717) is 0 Å². The van der Waals surface area contributed by atoms with Crippen LogP contribution in [0.1, 0.15) is 17.5 Å². The Hall–Kier alpha value is -0.860. The van der Waals surface area contributed by atoms with Gasteiger partial charge in [-0.15, -0.1) is 0 Å². The van der Waals surface area contributed by atoms with E-state index in [9.17, 15) is 0 Å². The minimum Gasteiger partial charge on any atom is -0.379 e. The molecule has 1 aromatic carbocycles. The van der Waals surface area contributed by atoms with Crippen molar-refractivity contribution in [2.24, 2.45) is 5.73 Å². The molecule has 0 unspecified atom stereocenters. The summed E-state index contributed by atoms with van der Waals surface area (Å²) in [5.41, 5.74) is 8.55. The van der Waals surface area contributed by atoms with Crippen LogP contribution in [-0.2, 0) is 10.2 Å². The van der Waals surface area contributed by atoms with Crippen LogP contribution >= 0.6 is 0 Å². The zero-order valence-corrected chi connectivity index (χ0v) is 8.62. The van der Waals surface area contributed by atoms with Gasteiger partial charge in [0, 0.05) is 5.41 Å². The van der Waals surface area contributed by atoms with Crippen LogP contribution in [0.5, 0.6) is 0 Å². The van der Waals surface area contributed by atoms with E-state index in [1.165, 1.54) is 11.1 Å². The Balaban J connectivity index is 2.27. The fourth-order valence-corrected chi connectivity index (χ4v) is 2.06. The quantitative estimate of drug-likeness (QED) is 0.787. The second kappa shape index (κ2) is 3.71. The lowest BCUT2D eigenvalue weighted by molar-refractivity contribution is -0.0631. The van der Waals surface area contributed by atoms with Crippen LogP contribution in [0.25, 0.3) is 0 Å². The van der Waals surface area contributed by atoms with Gasteiger partial charge in [-0.25, -0.2) is 0 Å². The van der Waals surface area contributed by atoms with Crippen LogP contribution in [0.4, 0.5) is 0 Å². The SMILES string of the molecule is Cc1cccc(C2(CCN)COC2)c1. The molecule has 1 aliphatic heterocycles. The van der Waals surface area contributed by atoms with E-state index in [0.717, 1.165) is 26.2 Å². The summed E-state index contributed by atoms with van der Waals surface area (Å²) in [4.78, 5) is 0. The van der Waals surface area contributed by atoms with Crippen LogP contribution in [0.15, 0.2) is 24.3 Å². The maximum Gasteiger partial charge on any atom is 0.0586 e. The minimum absolute atomic E-state index is 0.209. The summed E-state index contributed by atoms with van der Waals surface area (Å²) in [6, 6.07) is 8.67. The van der Waals surface area contributed by atoms with Crippen molar-refractivity contribution in [3.05, 3.63) is 35.4 Å². The van der Waals surface area contributed by atoms with E-state index in [2.05, 4.69) is 31.2 Å². The first-order chi connectivity index (χ1) is 6.77. The molecule has 1 saturated heterocycles. The van der Waals surface area contributed by atoms with Crippen LogP contribution in [0, 0.1) is 6.92 Å². The summed E-state index contributed by atoms with van der Waals surface area (Å²) >= 11 is 0. The average molecular weight is 191 g/mol. The number of hydrogen-bond acceptors (Lipinski definition) is 2. The molecular weight excluding hydrogens is 174 g/mol. The van der Waals surface area contributed by atoms with Crippen LogP contribution in [0.3, 0.4) is 0 Å². The molecule has 0 radical (unpaired) electrons. The Morgan fingerprint density at radius 1 is 1.43 bits per heavy atom. The number of rotatable bonds is 3. The zero-order valence-electron chi connectivity index (χ0n) is 8.62. The van der Waals surface area contributed by atoms with Gasteiger partial charge in [-0.2, -0.15) is 0 Å². The van der Waals surface area contributed by atoms with E-state index < -0.39 is 0 Å². The van der Waals surface area contributed by atoms with Gasteiger partial charge in [-0.3, -0.25) is 0 Å². The molecule has 2 N–H and O–H groups in total. The highest BCUT2D eigenvalue weighted by atomic mass is 16.5. The van der Waals surface area contributed by atoms with E-state index in [4.69, 9.17) is 10.5 Å². The number of nitrogens with two attached hydrogens (primary N) is 1. The first kappa shape index (κ1) is 9.69. The predicted molar refractivity (Wildman–Crippen MR) is 57.3 cm³/mol. The summed E-state index contributed by atoms with van der Waals surface area (Å²) < 4.78 is 5.33. The van der Waals surface area contributed by atoms with E-state index in [1.54, 1.807) is 0 Å². The smallest absolute Gasteiger partial charge is 0.0586 e. The number of hydrogen-bond donors (Lipinski definition) is 1. The fraction of sp³-hybridized carbons (Fsp3) is 0.500. The maximum absolute atomic E-state index is 5.64. The van der Waals surface area contributed by atoms with Crippen molar-refractivity contribution in [2.45, 2.75) is 18.8 Å². The molecule has 1 aliphatic rings. The number of aryl methyl sites for hydroxylation is 1. The topological polar surface area (TPSA) is 35.2 Å².